The Morgan fingerprint density at radius 1 is 1.36 bits per heavy atom. The first-order valence-corrected chi connectivity index (χ1v) is 8.60. The molecule has 0 bridgehead atoms. The average molecular weight is 325 g/mol. The molecule has 0 aromatic carbocycles. The lowest BCUT2D eigenvalue weighted by atomic mass is 10.2. The van der Waals surface area contributed by atoms with Gasteiger partial charge in [0.1, 0.15) is 0 Å². The van der Waals surface area contributed by atoms with Gasteiger partial charge in [-0.05, 0) is 27.0 Å². The summed E-state index contributed by atoms with van der Waals surface area (Å²) >= 11 is 1.64. The van der Waals surface area contributed by atoms with Crippen LogP contribution in [0.5, 0.6) is 0 Å². The summed E-state index contributed by atoms with van der Waals surface area (Å²) in [6.45, 7) is 9.02. The van der Waals surface area contributed by atoms with Crippen molar-refractivity contribution in [3.8, 4) is 0 Å². The molecule has 1 aromatic heterocycles. The molecule has 0 radical (unpaired) electrons. The fourth-order valence-electron chi connectivity index (χ4n) is 2.83. The Morgan fingerprint density at radius 3 is 2.55 bits per heavy atom. The number of hydrogen-bond donors (Lipinski definition) is 1. The number of rotatable bonds is 5. The van der Waals surface area contributed by atoms with E-state index in [0.717, 1.165) is 41.5 Å². The zero-order valence-electron chi connectivity index (χ0n) is 14.0. The lowest BCUT2D eigenvalue weighted by Crippen LogP contribution is -2.49. The van der Waals surface area contributed by atoms with Gasteiger partial charge in [0.2, 0.25) is 0 Å². The van der Waals surface area contributed by atoms with Crippen molar-refractivity contribution in [2.24, 2.45) is 0 Å². The highest BCUT2D eigenvalue weighted by Gasteiger charge is 2.21. The molecule has 6 heteroatoms. The van der Waals surface area contributed by atoms with Crippen LogP contribution in [0.1, 0.15) is 20.1 Å². The molecule has 0 spiro atoms. The molecular weight excluding hydrogens is 298 g/mol. The van der Waals surface area contributed by atoms with E-state index < -0.39 is 6.10 Å². The van der Waals surface area contributed by atoms with Gasteiger partial charge in [0, 0.05) is 56.1 Å². The molecule has 1 aromatic rings. The first kappa shape index (κ1) is 17.4. The fourth-order valence-corrected chi connectivity index (χ4v) is 3.75. The van der Waals surface area contributed by atoms with Crippen molar-refractivity contribution >= 4 is 17.2 Å². The van der Waals surface area contributed by atoms with E-state index in [1.54, 1.807) is 23.3 Å². The molecule has 1 aliphatic rings. The number of carbonyl (C=O) groups is 1. The second-order valence-electron chi connectivity index (χ2n) is 6.27. The maximum absolute atomic E-state index is 12.5. The molecule has 0 aliphatic carbocycles. The molecule has 1 unspecified atom stereocenters. The molecular formula is C16H27N3O2S. The predicted molar refractivity (Wildman–Crippen MR) is 90.7 cm³/mol. The minimum Gasteiger partial charge on any atom is -0.390 e. The number of carbonyl (C=O) groups excluding carboxylic acids is 1. The Kier molecular flexibility index (Phi) is 5.97. The van der Waals surface area contributed by atoms with E-state index in [0.29, 0.717) is 13.1 Å². The number of β-amino-alcohol motifs (C(OH)–C–C–N with tert-alkyl or cyclic N) is 1. The van der Waals surface area contributed by atoms with E-state index >= 15 is 0 Å². The number of aliphatic hydroxyl groups excluding tert-OH is 1. The zero-order chi connectivity index (χ0) is 16.3. The van der Waals surface area contributed by atoms with Crippen molar-refractivity contribution in [2.45, 2.75) is 20.0 Å². The van der Waals surface area contributed by atoms with Gasteiger partial charge < -0.3 is 14.9 Å². The van der Waals surface area contributed by atoms with Gasteiger partial charge in [0.25, 0.3) is 5.91 Å². The number of piperazine rings is 1. The summed E-state index contributed by atoms with van der Waals surface area (Å²) < 4.78 is 0. The van der Waals surface area contributed by atoms with Crippen molar-refractivity contribution in [2.75, 3.05) is 53.4 Å². The van der Waals surface area contributed by atoms with Crippen LogP contribution in [0.3, 0.4) is 0 Å². The lowest BCUT2D eigenvalue weighted by Gasteiger charge is -2.34. The van der Waals surface area contributed by atoms with Crippen molar-refractivity contribution < 1.29 is 9.90 Å². The molecule has 1 saturated heterocycles. The Balaban J connectivity index is 1.84. The van der Waals surface area contributed by atoms with Gasteiger partial charge in [-0.2, -0.15) is 0 Å². The van der Waals surface area contributed by atoms with E-state index in [2.05, 4.69) is 16.8 Å². The number of thiophene rings is 1. The summed E-state index contributed by atoms with van der Waals surface area (Å²) in [5.41, 5.74) is 0.761. The largest absolute Gasteiger partial charge is 0.390 e. The van der Waals surface area contributed by atoms with E-state index in [1.165, 1.54) is 0 Å². The minimum atomic E-state index is -0.502. The normalized spacial score (nSPS) is 18.4. The maximum Gasteiger partial charge on any atom is 0.254 e. The van der Waals surface area contributed by atoms with Crippen molar-refractivity contribution in [3.63, 3.8) is 0 Å². The van der Waals surface area contributed by atoms with Gasteiger partial charge >= 0.3 is 0 Å². The molecule has 124 valence electrons. The second-order valence-corrected chi connectivity index (χ2v) is 7.73. The number of aliphatic hydroxyl groups is 1. The maximum atomic E-state index is 12.5. The molecule has 1 aliphatic heterocycles. The number of amides is 1. The van der Waals surface area contributed by atoms with Gasteiger partial charge in [0.15, 0.2) is 0 Å². The van der Waals surface area contributed by atoms with E-state index in [4.69, 9.17) is 0 Å². The highest BCUT2D eigenvalue weighted by molar-refractivity contribution is 7.12. The molecule has 2 rings (SSSR count). The molecule has 1 atom stereocenters. The number of hydrogen-bond acceptors (Lipinski definition) is 5. The quantitative estimate of drug-likeness (QED) is 0.879. The first-order chi connectivity index (χ1) is 10.4. The minimum absolute atomic E-state index is 0.000669. The summed E-state index contributed by atoms with van der Waals surface area (Å²) in [4.78, 5) is 20.8. The number of likely N-dealkylation sites (N-methyl/N-ethyl adjacent to an activating group) is 2. The summed E-state index contributed by atoms with van der Waals surface area (Å²) in [7, 11) is 3.88. The zero-order valence-corrected chi connectivity index (χ0v) is 14.8. The van der Waals surface area contributed by atoms with Crippen LogP contribution in [0.15, 0.2) is 6.07 Å². The monoisotopic (exact) mass is 325 g/mol. The van der Waals surface area contributed by atoms with Crippen molar-refractivity contribution in [3.05, 3.63) is 21.4 Å². The van der Waals surface area contributed by atoms with Gasteiger partial charge in [-0.15, -0.1) is 11.3 Å². The average Bonchev–Trinajstić information content (AvgIpc) is 2.79. The Hall–Kier alpha value is -0.950. The standard InChI is InChI=1S/C16H27N3O2S/c1-12-9-15(13(2)22-12)16(21)18(4)10-14(20)11-19-7-5-17(3)6-8-19/h9,14,20H,5-8,10-11H2,1-4H3. The number of nitrogens with zero attached hydrogens (tertiary/aromatic N) is 3. The van der Waals surface area contributed by atoms with Crippen molar-refractivity contribution in [1.82, 2.24) is 14.7 Å². The van der Waals surface area contributed by atoms with Gasteiger partial charge in [-0.25, -0.2) is 0 Å². The van der Waals surface area contributed by atoms with Crippen LogP contribution in [-0.2, 0) is 0 Å². The highest BCUT2D eigenvalue weighted by atomic mass is 32.1. The lowest BCUT2D eigenvalue weighted by molar-refractivity contribution is 0.0501. The van der Waals surface area contributed by atoms with Crippen LogP contribution in [0.25, 0.3) is 0 Å². The molecule has 1 fully saturated rings. The predicted octanol–water partition coefficient (Wildman–Crippen LogP) is 1.05. The Labute approximate surface area is 137 Å². The smallest absolute Gasteiger partial charge is 0.254 e. The third-order valence-electron chi connectivity index (χ3n) is 4.17. The second kappa shape index (κ2) is 7.55. The topological polar surface area (TPSA) is 47.0 Å². The molecule has 2 heterocycles. The van der Waals surface area contributed by atoms with Crippen LogP contribution < -0.4 is 0 Å². The van der Waals surface area contributed by atoms with E-state index in [-0.39, 0.29) is 5.91 Å². The SMILES string of the molecule is Cc1cc(C(=O)N(C)CC(O)CN2CCN(C)CC2)c(C)s1. The van der Waals surface area contributed by atoms with Crippen LogP contribution in [0.2, 0.25) is 0 Å². The van der Waals surface area contributed by atoms with Crippen LogP contribution in [-0.4, -0.2) is 85.2 Å². The summed E-state index contributed by atoms with van der Waals surface area (Å²) in [5.74, 6) is -0.000669. The Bertz CT molecular complexity index is 509. The molecule has 1 amide bonds. The fraction of sp³-hybridized carbons (Fsp3) is 0.688. The van der Waals surface area contributed by atoms with Gasteiger partial charge in [-0.1, -0.05) is 0 Å². The molecule has 5 nitrogen and oxygen atoms in total. The van der Waals surface area contributed by atoms with E-state index in [1.807, 2.05) is 19.9 Å². The van der Waals surface area contributed by atoms with Crippen LogP contribution in [0.4, 0.5) is 0 Å². The highest BCUT2D eigenvalue weighted by Crippen LogP contribution is 2.21. The molecule has 0 saturated carbocycles. The summed E-state index contributed by atoms with van der Waals surface area (Å²) in [5, 5.41) is 10.3. The molecule has 22 heavy (non-hydrogen) atoms. The van der Waals surface area contributed by atoms with E-state index in [9.17, 15) is 9.90 Å². The summed E-state index contributed by atoms with van der Waals surface area (Å²) in [6.07, 6.45) is -0.502. The third-order valence-corrected chi connectivity index (χ3v) is 5.13. The Morgan fingerprint density at radius 2 is 2.00 bits per heavy atom. The third kappa shape index (κ3) is 4.52. The summed E-state index contributed by atoms with van der Waals surface area (Å²) in [6, 6.07) is 1.94. The first-order valence-electron chi connectivity index (χ1n) is 7.78. The van der Waals surface area contributed by atoms with Gasteiger partial charge in [0.05, 0.1) is 11.7 Å². The van der Waals surface area contributed by atoms with Crippen LogP contribution >= 0.6 is 11.3 Å². The van der Waals surface area contributed by atoms with Crippen LogP contribution in [0, 0.1) is 13.8 Å². The number of aryl methyl sites for hydroxylation is 2. The van der Waals surface area contributed by atoms with Gasteiger partial charge in [-0.3, -0.25) is 9.69 Å². The molecule has 1 N–H and O–H groups in total. The van der Waals surface area contributed by atoms with Crippen molar-refractivity contribution in [1.29, 1.82) is 0 Å².